The zero-order valence-electron chi connectivity index (χ0n) is 16.2. The number of nitrogens with zero attached hydrogens (tertiary/aromatic N) is 5. The fourth-order valence-corrected chi connectivity index (χ4v) is 3.83. The molecule has 4 rings (SSSR count). The Morgan fingerprint density at radius 2 is 1.57 bits per heavy atom. The van der Waals surface area contributed by atoms with Crippen molar-refractivity contribution in [3.05, 3.63) is 47.9 Å². The number of carbonyl (C=O) groups is 1. The highest BCUT2D eigenvalue weighted by atomic mass is 19.1. The van der Waals surface area contributed by atoms with Gasteiger partial charge >= 0.3 is 0 Å². The summed E-state index contributed by atoms with van der Waals surface area (Å²) in [5.74, 6) is 1.30. The van der Waals surface area contributed by atoms with Gasteiger partial charge in [0, 0.05) is 45.0 Å². The number of benzene rings is 1. The van der Waals surface area contributed by atoms with Crippen molar-refractivity contribution in [2.45, 2.75) is 19.8 Å². The van der Waals surface area contributed by atoms with E-state index in [-0.39, 0.29) is 11.7 Å². The number of amides is 1. The van der Waals surface area contributed by atoms with Crippen LogP contribution in [0, 0.1) is 11.7 Å². The van der Waals surface area contributed by atoms with Crippen molar-refractivity contribution < 1.29 is 9.18 Å². The Balaban J connectivity index is 1.34. The second-order valence-electron chi connectivity index (χ2n) is 7.70. The van der Waals surface area contributed by atoms with E-state index in [1.54, 1.807) is 18.2 Å². The Labute approximate surface area is 165 Å². The van der Waals surface area contributed by atoms with Gasteiger partial charge < -0.3 is 14.7 Å². The smallest absolute Gasteiger partial charge is 0.274 e. The van der Waals surface area contributed by atoms with Crippen LogP contribution in [0.4, 0.5) is 15.9 Å². The number of hydrogen-bond acceptors (Lipinski definition) is 5. The first-order valence-electron chi connectivity index (χ1n) is 9.98. The molecule has 7 heteroatoms. The van der Waals surface area contributed by atoms with Crippen LogP contribution in [0.2, 0.25) is 0 Å². The van der Waals surface area contributed by atoms with Crippen LogP contribution in [0.25, 0.3) is 0 Å². The molecule has 6 nitrogen and oxygen atoms in total. The van der Waals surface area contributed by atoms with E-state index in [1.165, 1.54) is 25.0 Å². The van der Waals surface area contributed by atoms with Gasteiger partial charge in [-0.25, -0.2) is 4.39 Å². The number of piperazine rings is 1. The van der Waals surface area contributed by atoms with Crippen LogP contribution in [-0.2, 0) is 0 Å². The highest BCUT2D eigenvalue weighted by Crippen LogP contribution is 2.21. The molecule has 0 radical (unpaired) electrons. The minimum atomic E-state index is -0.237. The van der Waals surface area contributed by atoms with Crippen LogP contribution >= 0.6 is 0 Å². The van der Waals surface area contributed by atoms with Crippen LogP contribution in [0.5, 0.6) is 0 Å². The number of hydrogen-bond donors (Lipinski definition) is 0. The summed E-state index contributed by atoms with van der Waals surface area (Å²) in [4.78, 5) is 19.0. The molecule has 148 valence electrons. The van der Waals surface area contributed by atoms with Gasteiger partial charge in [-0.1, -0.05) is 6.92 Å². The summed E-state index contributed by atoms with van der Waals surface area (Å²) >= 11 is 0. The maximum absolute atomic E-state index is 13.1. The molecule has 1 aromatic heterocycles. The highest BCUT2D eigenvalue weighted by molar-refractivity contribution is 5.92. The van der Waals surface area contributed by atoms with Crippen LogP contribution in [0.1, 0.15) is 30.3 Å². The maximum atomic E-state index is 13.1. The molecule has 2 aliphatic rings. The van der Waals surface area contributed by atoms with E-state index in [0.29, 0.717) is 18.8 Å². The molecule has 0 atom stereocenters. The summed E-state index contributed by atoms with van der Waals surface area (Å²) in [6.45, 7) is 6.93. The molecule has 0 N–H and O–H groups in total. The van der Waals surface area contributed by atoms with E-state index in [2.05, 4.69) is 26.9 Å². The lowest BCUT2D eigenvalue weighted by Crippen LogP contribution is -2.49. The van der Waals surface area contributed by atoms with Gasteiger partial charge in [-0.3, -0.25) is 4.79 Å². The number of aromatic nitrogens is 2. The lowest BCUT2D eigenvalue weighted by molar-refractivity contribution is 0.0739. The predicted octanol–water partition coefficient (Wildman–Crippen LogP) is 2.81. The highest BCUT2D eigenvalue weighted by Gasteiger charge is 2.24. The molecule has 1 aromatic carbocycles. The lowest BCUT2D eigenvalue weighted by atomic mass is 9.99. The normalized spacial score (nSPS) is 18.4. The second-order valence-corrected chi connectivity index (χ2v) is 7.70. The fraction of sp³-hybridized carbons (Fsp3) is 0.476. The largest absolute Gasteiger partial charge is 0.368 e. The number of carbonyl (C=O) groups excluding carboxylic acids is 1. The third-order valence-electron chi connectivity index (χ3n) is 5.74. The average Bonchev–Trinajstić information content (AvgIpc) is 2.75. The Kier molecular flexibility index (Phi) is 5.41. The molecule has 2 aliphatic heterocycles. The molecule has 1 amide bonds. The molecule has 2 aromatic rings. The number of piperidine rings is 1. The Morgan fingerprint density at radius 1 is 0.893 bits per heavy atom. The monoisotopic (exact) mass is 383 g/mol. The first kappa shape index (κ1) is 18.7. The van der Waals surface area contributed by atoms with Crippen LogP contribution < -0.4 is 9.80 Å². The zero-order chi connectivity index (χ0) is 19.5. The number of halogens is 1. The average molecular weight is 383 g/mol. The van der Waals surface area contributed by atoms with Crippen LogP contribution in [0.3, 0.4) is 0 Å². The molecule has 2 fully saturated rings. The fourth-order valence-electron chi connectivity index (χ4n) is 3.83. The van der Waals surface area contributed by atoms with Gasteiger partial charge in [0.05, 0.1) is 0 Å². The van der Waals surface area contributed by atoms with Gasteiger partial charge in [-0.05, 0) is 55.2 Å². The number of rotatable bonds is 3. The summed E-state index contributed by atoms with van der Waals surface area (Å²) in [6, 6.07) is 10.2. The summed E-state index contributed by atoms with van der Waals surface area (Å²) in [7, 11) is 0. The molecule has 0 bridgehead atoms. The predicted molar refractivity (Wildman–Crippen MR) is 107 cm³/mol. The van der Waals surface area contributed by atoms with E-state index in [1.807, 2.05) is 11.0 Å². The Morgan fingerprint density at radius 3 is 2.18 bits per heavy atom. The first-order chi connectivity index (χ1) is 13.6. The van der Waals surface area contributed by atoms with Crippen molar-refractivity contribution in [1.82, 2.24) is 15.1 Å². The molecule has 0 aliphatic carbocycles. The first-order valence-corrected chi connectivity index (χ1v) is 9.98. The van der Waals surface area contributed by atoms with E-state index in [9.17, 15) is 9.18 Å². The Hall–Kier alpha value is -2.70. The van der Waals surface area contributed by atoms with E-state index in [4.69, 9.17) is 0 Å². The molecule has 0 unspecified atom stereocenters. The third-order valence-corrected chi connectivity index (χ3v) is 5.74. The lowest BCUT2D eigenvalue weighted by Gasteiger charge is -2.36. The van der Waals surface area contributed by atoms with E-state index in [0.717, 1.165) is 43.6 Å². The van der Waals surface area contributed by atoms with Crippen molar-refractivity contribution in [2.75, 3.05) is 49.1 Å². The summed E-state index contributed by atoms with van der Waals surface area (Å²) in [5, 5.41) is 8.49. The van der Waals surface area contributed by atoms with Crippen molar-refractivity contribution in [3.8, 4) is 0 Å². The summed E-state index contributed by atoms with van der Waals surface area (Å²) in [6.07, 6.45) is 2.33. The van der Waals surface area contributed by atoms with Crippen LogP contribution in [0.15, 0.2) is 36.4 Å². The van der Waals surface area contributed by atoms with Crippen molar-refractivity contribution in [2.24, 2.45) is 5.92 Å². The van der Waals surface area contributed by atoms with Crippen molar-refractivity contribution in [3.63, 3.8) is 0 Å². The molecular formula is C21H26FN5O. The summed E-state index contributed by atoms with van der Waals surface area (Å²) < 4.78 is 13.1. The van der Waals surface area contributed by atoms with Gasteiger partial charge in [-0.2, -0.15) is 0 Å². The standard InChI is InChI=1S/C21H26FN5O/c1-16-8-10-26(11-9-16)20-7-6-19(23-24-20)21(28)27-14-12-25(13-15-27)18-4-2-17(22)3-5-18/h2-7,16H,8-15H2,1H3. The van der Waals surface area contributed by atoms with Crippen molar-refractivity contribution >= 4 is 17.4 Å². The van der Waals surface area contributed by atoms with E-state index >= 15 is 0 Å². The SMILES string of the molecule is CC1CCN(c2ccc(C(=O)N3CCN(c4ccc(F)cc4)CC3)nn2)CC1. The zero-order valence-corrected chi connectivity index (χ0v) is 16.2. The van der Waals surface area contributed by atoms with Gasteiger partial charge in [0.25, 0.3) is 5.91 Å². The minimum absolute atomic E-state index is 0.0786. The molecule has 3 heterocycles. The molecular weight excluding hydrogens is 357 g/mol. The Bertz CT molecular complexity index is 795. The van der Waals surface area contributed by atoms with Gasteiger partial charge in [0.15, 0.2) is 11.5 Å². The quantitative estimate of drug-likeness (QED) is 0.816. The second kappa shape index (κ2) is 8.12. The third kappa shape index (κ3) is 4.08. The number of anilines is 2. The maximum Gasteiger partial charge on any atom is 0.274 e. The van der Waals surface area contributed by atoms with Crippen LogP contribution in [-0.4, -0.2) is 60.3 Å². The van der Waals surface area contributed by atoms with Crippen molar-refractivity contribution in [1.29, 1.82) is 0 Å². The van der Waals surface area contributed by atoms with Gasteiger partial charge in [0.1, 0.15) is 5.82 Å². The van der Waals surface area contributed by atoms with Gasteiger partial charge in [-0.15, -0.1) is 10.2 Å². The van der Waals surface area contributed by atoms with E-state index < -0.39 is 0 Å². The molecule has 28 heavy (non-hydrogen) atoms. The molecule has 0 saturated carbocycles. The minimum Gasteiger partial charge on any atom is -0.368 e. The molecule has 2 saturated heterocycles. The summed E-state index contributed by atoms with van der Waals surface area (Å²) in [5.41, 5.74) is 1.37. The van der Waals surface area contributed by atoms with Gasteiger partial charge in [0.2, 0.25) is 0 Å². The molecule has 0 spiro atoms. The topological polar surface area (TPSA) is 52.6 Å².